The quantitative estimate of drug-likeness (QED) is 0.768. The molecular formula is C18H24ClN3O2. The molecule has 5 nitrogen and oxygen atoms in total. The number of nitrogens with one attached hydrogen (secondary N) is 2. The number of hydrogen-bond donors (Lipinski definition) is 2. The van der Waals surface area contributed by atoms with Gasteiger partial charge in [0, 0.05) is 31.2 Å². The van der Waals surface area contributed by atoms with Gasteiger partial charge in [0.25, 0.3) is 0 Å². The summed E-state index contributed by atoms with van der Waals surface area (Å²) in [6, 6.07) is 7.64. The summed E-state index contributed by atoms with van der Waals surface area (Å²) in [5.74, 6) is 0.203. The third kappa shape index (κ3) is 3.73. The first-order valence-electron chi connectivity index (χ1n) is 8.64. The fraction of sp³-hybridized carbons (Fsp3) is 0.556. The number of piperazine rings is 1. The second kappa shape index (κ2) is 7.53. The van der Waals surface area contributed by atoms with Crippen molar-refractivity contribution in [2.45, 2.75) is 31.1 Å². The van der Waals surface area contributed by atoms with Crippen molar-refractivity contribution in [3.8, 4) is 0 Å². The predicted molar refractivity (Wildman–Crippen MR) is 94.1 cm³/mol. The molecule has 0 radical (unpaired) electrons. The fourth-order valence-electron chi connectivity index (χ4n) is 3.50. The second-order valence-corrected chi connectivity index (χ2v) is 7.11. The molecule has 24 heavy (non-hydrogen) atoms. The zero-order valence-electron chi connectivity index (χ0n) is 13.8. The Morgan fingerprint density at radius 3 is 2.67 bits per heavy atom. The van der Waals surface area contributed by atoms with Crippen LogP contribution < -0.4 is 10.6 Å². The van der Waals surface area contributed by atoms with E-state index in [0.29, 0.717) is 24.7 Å². The van der Waals surface area contributed by atoms with Crippen LogP contribution in [-0.2, 0) is 15.0 Å². The van der Waals surface area contributed by atoms with E-state index in [1.807, 2.05) is 24.3 Å². The van der Waals surface area contributed by atoms with E-state index in [9.17, 15) is 9.59 Å². The molecule has 1 heterocycles. The predicted octanol–water partition coefficient (Wildman–Crippen LogP) is 1.70. The van der Waals surface area contributed by atoms with Crippen LogP contribution in [0, 0.1) is 0 Å². The van der Waals surface area contributed by atoms with Crippen LogP contribution in [0.25, 0.3) is 0 Å². The Morgan fingerprint density at radius 2 is 2.04 bits per heavy atom. The molecule has 0 spiro atoms. The number of carbonyl (C=O) groups is 2. The largest absolute Gasteiger partial charge is 0.355 e. The first kappa shape index (κ1) is 17.2. The van der Waals surface area contributed by atoms with Gasteiger partial charge in [0.2, 0.25) is 11.8 Å². The van der Waals surface area contributed by atoms with Crippen LogP contribution in [0.4, 0.5) is 0 Å². The molecule has 0 bridgehead atoms. The highest BCUT2D eigenvalue weighted by molar-refractivity contribution is 6.30. The molecule has 1 aromatic rings. The smallest absolute Gasteiger partial charge is 0.234 e. The first-order valence-corrected chi connectivity index (χ1v) is 9.01. The zero-order chi connectivity index (χ0) is 17.0. The molecule has 0 aromatic heterocycles. The van der Waals surface area contributed by atoms with Crippen molar-refractivity contribution in [3.05, 3.63) is 34.9 Å². The standard InChI is InChI=1S/C18H24ClN3O2/c19-15-5-3-14(4-6-15)18(7-1-8-18)17(24)21-9-2-11-22-12-10-20-16(23)13-22/h3-6H,1-2,7-13H2,(H,20,23)(H,21,24). The molecule has 1 saturated carbocycles. The molecule has 1 aliphatic heterocycles. The lowest BCUT2D eigenvalue weighted by atomic mass is 9.64. The van der Waals surface area contributed by atoms with E-state index in [0.717, 1.165) is 44.3 Å². The first-order chi connectivity index (χ1) is 11.6. The molecule has 130 valence electrons. The number of benzene rings is 1. The average Bonchev–Trinajstić information content (AvgIpc) is 2.52. The fourth-order valence-corrected chi connectivity index (χ4v) is 3.63. The van der Waals surface area contributed by atoms with E-state index in [4.69, 9.17) is 11.6 Å². The van der Waals surface area contributed by atoms with Gasteiger partial charge in [0.1, 0.15) is 0 Å². The normalized spacial score (nSPS) is 20.1. The summed E-state index contributed by atoms with van der Waals surface area (Å²) < 4.78 is 0. The molecule has 1 aromatic carbocycles. The monoisotopic (exact) mass is 349 g/mol. The average molecular weight is 350 g/mol. The van der Waals surface area contributed by atoms with Crippen molar-refractivity contribution >= 4 is 23.4 Å². The maximum atomic E-state index is 12.7. The highest BCUT2D eigenvalue weighted by Crippen LogP contribution is 2.44. The van der Waals surface area contributed by atoms with E-state index < -0.39 is 0 Å². The van der Waals surface area contributed by atoms with Gasteiger partial charge in [-0.1, -0.05) is 30.2 Å². The maximum absolute atomic E-state index is 12.7. The Balaban J connectivity index is 1.48. The van der Waals surface area contributed by atoms with E-state index in [2.05, 4.69) is 15.5 Å². The number of halogens is 1. The van der Waals surface area contributed by atoms with Crippen LogP contribution in [0.5, 0.6) is 0 Å². The van der Waals surface area contributed by atoms with E-state index in [1.165, 1.54) is 0 Å². The van der Waals surface area contributed by atoms with Crippen LogP contribution in [-0.4, -0.2) is 49.4 Å². The zero-order valence-corrected chi connectivity index (χ0v) is 14.6. The lowest BCUT2D eigenvalue weighted by molar-refractivity contribution is -0.130. The number of nitrogens with zero attached hydrogens (tertiary/aromatic N) is 1. The lowest BCUT2D eigenvalue weighted by Crippen LogP contribution is -2.50. The van der Waals surface area contributed by atoms with E-state index >= 15 is 0 Å². The highest BCUT2D eigenvalue weighted by atomic mass is 35.5. The third-order valence-electron chi connectivity index (χ3n) is 5.09. The second-order valence-electron chi connectivity index (χ2n) is 6.68. The van der Waals surface area contributed by atoms with Crippen LogP contribution in [0.3, 0.4) is 0 Å². The Hall–Kier alpha value is -1.59. The van der Waals surface area contributed by atoms with Crippen molar-refractivity contribution in [2.75, 3.05) is 32.7 Å². The lowest BCUT2D eigenvalue weighted by Gasteiger charge is -2.40. The van der Waals surface area contributed by atoms with Crippen molar-refractivity contribution in [3.63, 3.8) is 0 Å². The van der Waals surface area contributed by atoms with Crippen molar-refractivity contribution in [2.24, 2.45) is 0 Å². The molecule has 2 aliphatic rings. The summed E-state index contributed by atoms with van der Waals surface area (Å²) in [6.07, 6.45) is 3.73. The van der Waals surface area contributed by atoms with E-state index in [-0.39, 0.29) is 17.2 Å². The number of rotatable bonds is 6. The van der Waals surface area contributed by atoms with Gasteiger partial charge in [-0.25, -0.2) is 0 Å². The minimum Gasteiger partial charge on any atom is -0.355 e. The molecular weight excluding hydrogens is 326 g/mol. The SMILES string of the molecule is O=C1CN(CCCNC(=O)C2(c3ccc(Cl)cc3)CCC2)CCN1. The molecule has 1 aliphatic carbocycles. The van der Waals surface area contributed by atoms with Crippen LogP contribution in [0.2, 0.25) is 5.02 Å². The minimum atomic E-state index is -0.379. The van der Waals surface area contributed by atoms with E-state index in [1.54, 1.807) is 0 Å². The van der Waals surface area contributed by atoms with Crippen LogP contribution in [0.15, 0.2) is 24.3 Å². The molecule has 2 amide bonds. The molecule has 6 heteroatoms. The summed E-state index contributed by atoms with van der Waals surface area (Å²) in [7, 11) is 0. The van der Waals surface area contributed by atoms with Crippen LogP contribution >= 0.6 is 11.6 Å². The van der Waals surface area contributed by atoms with Crippen molar-refractivity contribution < 1.29 is 9.59 Å². The number of amides is 2. The summed E-state index contributed by atoms with van der Waals surface area (Å²) in [5.41, 5.74) is 0.679. The van der Waals surface area contributed by atoms with Crippen molar-refractivity contribution in [1.29, 1.82) is 0 Å². The molecule has 3 rings (SSSR count). The highest BCUT2D eigenvalue weighted by Gasteiger charge is 2.45. The Bertz CT molecular complexity index is 599. The van der Waals surface area contributed by atoms with Gasteiger partial charge in [-0.3, -0.25) is 14.5 Å². The Kier molecular flexibility index (Phi) is 5.41. The molecule has 1 saturated heterocycles. The molecule has 0 unspecified atom stereocenters. The van der Waals surface area contributed by atoms with Gasteiger partial charge < -0.3 is 10.6 Å². The van der Waals surface area contributed by atoms with Gasteiger partial charge in [0.05, 0.1) is 12.0 Å². The summed E-state index contributed by atoms with van der Waals surface area (Å²) in [4.78, 5) is 26.2. The van der Waals surface area contributed by atoms with Gasteiger partial charge >= 0.3 is 0 Å². The summed E-state index contributed by atoms with van der Waals surface area (Å²) >= 11 is 5.96. The molecule has 0 atom stereocenters. The van der Waals surface area contributed by atoms with Crippen molar-refractivity contribution in [1.82, 2.24) is 15.5 Å². The molecule has 2 N–H and O–H groups in total. The van der Waals surface area contributed by atoms with Crippen LogP contribution in [0.1, 0.15) is 31.2 Å². The van der Waals surface area contributed by atoms with Gasteiger partial charge in [-0.15, -0.1) is 0 Å². The van der Waals surface area contributed by atoms with Gasteiger partial charge in [-0.2, -0.15) is 0 Å². The maximum Gasteiger partial charge on any atom is 0.234 e. The number of carbonyl (C=O) groups excluding carboxylic acids is 2. The summed E-state index contributed by atoms with van der Waals surface area (Å²) in [6.45, 7) is 3.54. The Morgan fingerprint density at radius 1 is 1.29 bits per heavy atom. The summed E-state index contributed by atoms with van der Waals surface area (Å²) in [5, 5.41) is 6.60. The van der Waals surface area contributed by atoms with Gasteiger partial charge in [0.15, 0.2) is 0 Å². The minimum absolute atomic E-state index is 0.0847. The number of hydrogen-bond acceptors (Lipinski definition) is 3. The Labute approximate surface area is 147 Å². The topological polar surface area (TPSA) is 61.4 Å². The van der Waals surface area contributed by atoms with Gasteiger partial charge in [-0.05, 0) is 37.0 Å². The molecule has 2 fully saturated rings. The third-order valence-corrected chi connectivity index (χ3v) is 5.34.